The fourth-order valence-electron chi connectivity index (χ4n) is 2.59. The number of rotatable bonds is 4. The monoisotopic (exact) mass is 295 g/mol. The highest BCUT2D eigenvalue weighted by Gasteiger charge is 2.16. The van der Waals surface area contributed by atoms with Crippen LogP contribution in [0.15, 0.2) is 18.2 Å². The summed E-state index contributed by atoms with van der Waals surface area (Å²) in [5, 5.41) is 3.36. The molecule has 1 aliphatic heterocycles. The standard InChI is InChI=1S/C15H22ClN3O/c1-11-3-2-7-19(10-11)8-6-15(20)18-12-4-5-13(16)14(17)9-12/h4-5,9,11H,2-3,6-8,10,17H2,1H3,(H,18,20). The van der Waals surface area contributed by atoms with Gasteiger partial charge in [-0.2, -0.15) is 0 Å². The highest BCUT2D eigenvalue weighted by molar-refractivity contribution is 6.33. The Hall–Kier alpha value is -1.26. The van der Waals surface area contributed by atoms with Gasteiger partial charge < -0.3 is 16.0 Å². The molecule has 20 heavy (non-hydrogen) atoms. The van der Waals surface area contributed by atoms with Crippen molar-refractivity contribution in [3.8, 4) is 0 Å². The SMILES string of the molecule is CC1CCCN(CCC(=O)Nc2ccc(Cl)c(N)c2)C1. The van der Waals surface area contributed by atoms with Crippen LogP contribution in [-0.2, 0) is 4.79 Å². The van der Waals surface area contributed by atoms with E-state index in [4.69, 9.17) is 17.3 Å². The first-order chi connectivity index (χ1) is 9.54. The molecule has 1 aliphatic rings. The maximum atomic E-state index is 11.9. The van der Waals surface area contributed by atoms with Crippen LogP contribution in [0.4, 0.5) is 11.4 Å². The third-order valence-electron chi connectivity index (χ3n) is 3.68. The Bertz CT molecular complexity index is 478. The number of hydrogen-bond donors (Lipinski definition) is 2. The van der Waals surface area contributed by atoms with Crippen molar-refractivity contribution in [1.29, 1.82) is 0 Å². The van der Waals surface area contributed by atoms with Gasteiger partial charge in [0.2, 0.25) is 5.91 Å². The molecule has 5 heteroatoms. The van der Waals surface area contributed by atoms with E-state index in [0.29, 0.717) is 22.8 Å². The summed E-state index contributed by atoms with van der Waals surface area (Å²) >= 11 is 5.85. The van der Waals surface area contributed by atoms with Crippen molar-refractivity contribution in [2.75, 3.05) is 30.7 Å². The molecule has 0 radical (unpaired) electrons. The first-order valence-corrected chi connectivity index (χ1v) is 7.49. The largest absolute Gasteiger partial charge is 0.397 e. The van der Waals surface area contributed by atoms with Crippen molar-refractivity contribution in [3.63, 3.8) is 0 Å². The summed E-state index contributed by atoms with van der Waals surface area (Å²) < 4.78 is 0. The van der Waals surface area contributed by atoms with E-state index >= 15 is 0 Å². The van der Waals surface area contributed by atoms with Crippen LogP contribution in [0.1, 0.15) is 26.2 Å². The minimum absolute atomic E-state index is 0.0185. The highest BCUT2D eigenvalue weighted by atomic mass is 35.5. The lowest BCUT2D eigenvalue weighted by Crippen LogP contribution is -2.36. The zero-order valence-corrected chi connectivity index (χ0v) is 12.6. The van der Waals surface area contributed by atoms with Gasteiger partial charge in [-0.3, -0.25) is 4.79 Å². The quantitative estimate of drug-likeness (QED) is 0.840. The first kappa shape index (κ1) is 15.1. The lowest BCUT2D eigenvalue weighted by molar-refractivity contribution is -0.116. The fraction of sp³-hybridized carbons (Fsp3) is 0.533. The molecule has 110 valence electrons. The molecular weight excluding hydrogens is 274 g/mol. The second-order valence-electron chi connectivity index (χ2n) is 5.58. The van der Waals surface area contributed by atoms with E-state index in [9.17, 15) is 4.79 Å². The summed E-state index contributed by atoms with van der Waals surface area (Å²) in [6, 6.07) is 5.14. The third kappa shape index (κ3) is 4.39. The molecule has 1 atom stereocenters. The molecule has 0 aromatic heterocycles. The summed E-state index contributed by atoms with van der Waals surface area (Å²) in [7, 11) is 0. The molecule has 2 rings (SSSR count). The summed E-state index contributed by atoms with van der Waals surface area (Å²) in [6.45, 7) is 5.29. The number of nitrogens with one attached hydrogen (secondary N) is 1. The Balaban J connectivity index is 1.78. The van der Waals surface area contributed by atoms with E-state index in [2.05, 4.69) is 17.1 Å². The van der Waals surface area contributed by atoms with Crippen molar-refractivity contribution < 1.29 is 4.79 Å². The van der Waals surface area contributed by atoms with Crippen molar-refractivity contribution in [2.45, 2.75) is 26.2 Å². The summed E-state index contributed by atoms with van der Waals surface area (Å²) in [5.41, 5.74) is 6.89. The lowest BCUT2D eigenvalue weighted by Gasteiger charge is -2.30. The van der Waals surface area contributed by atoms with Crippen molar-refractivity contribution in [3.05, 3.63) is 23.2 Å². The maximum absolute atomic E-state index is 11.9. The summed E-state index contributed by atoms with van der Waals surface area (Å²) in [5.74, 6) is 0.757. The molecule has 3 N–H and O–H groups in total. The molecule has 1 amide bonds. The number of nitrogen functional groups attached to an aromatic ring is 1. The maximum Gasteiger partial charge on any atom is 0.225 e. The van der Waals surface area contributed by atoms with Gasteiger partial charge in [-0.15, -0.1) is 0 Å². The molecule has 1 aromatic carbocycles. The smallest absolute Gasteiger partial charge is 0.225 e. The van der Waals surface area contributed by atoms with Crippen LogP contribution in [0.5, 0.6) is 0 Å². The predicted octanol–water partition coefficient (Wildman–Crippen LogP) is 2.98. The average molecular weight is 296 g/mol. The average Bonchev–Trinajstić information content (AvgIpc) is 2.41. The Morgan fingerprint density at radius 1 is 1.55 bits per heavy atom. The van der Waals surface area contributed by atoms with Gasteiger partial charge in [0.1, 0.15) is 0 Å². The van der Waals surface area contributed by atoms with Crippen LogP contribution in [-0.4, -0.2) is 30.4 Å². The molecule has 1 saturated heterocycles. The van der Waals surface area contributed by atoms with Gasteiger partial charge in [-0.25, -0.2) is 0 Å². The normalized spacial score (nSPS) is 19.8. The number of likely N-dealkylation sites (tertiary alicyclic amines) is 1. The topological polar surface area (TPSA) is 58.4 Å². The zero-order chi connectivity index (χ0) is 14.5. The first-order valence-electron chi connectivity index (χ1n) is 7.12. The van der Waals surface area contributed by atoms with Crippen LogP contribution >= 0.6 is 11.6 Å². The van der Waals surface area contributed by atoms with Crippen molar-refractivity contribution in [1.82, 2.24) is 4.90 Å². The van der Waals surface area contributed by atoms with E-state index < -0.39 is 0 Å². The zero-order valence-electron chi connectivity index (χ0n) is 11.9. The highest BCUT2D eigenvalue weighted by Crippen LogP contribution is 2.22. The third-order valence-corrected chi connectivity index (χ3v) is 4.02. The molecule has 1 unspecified atom stereocenters. The van der Waals surface area contributed by atoms with E-state index in [1.54, 1.807) is 18.2 Å². The number of nitrogens with zero attached hydrogens (tertiary/aromatic N) is 1. The second kappa shape index (κ2) is 6.95. The Kier molecular flexibility index (Phi) is 5.26. The van der Waals surface area contributed by atoms with Gasteiger partial charge in [-0.1, -0.05) is 18.5 Å². The number of benzene rings is 1. The second-order valence-corrected chi connectivity index (χ2v) is 5.99. The molecular formula is C15H22ClN3O. The summed E-state index contributed by atoms with van der Waals surface area (Å²) in [4.78, 5) is 14.3. The Labute approximate surface area is 125 Å². The molecule has 1 heterocycles. The van der Waals surface area contributed by atoms with Crippen LogP contribution in [0.3, 0.4) is 0 Å². The molecule has 0 spiro atoms. The molecule has 4 nitrogen and oxygen atoms in total. The number of carbonyl (C=O) groups excluding carboxylic acids is 1. The van der Waals surface area contributed by atoms with E-state index in [-0.39, 0.29) is 5.91 Å². The van der Waals surface area contributed by atoms with Gasteiger partial charge in [-0.05, 0) is 43.5 Å². The molecule has 0 aliphatic carbocycles. The van der Waals surface area contributed by atoms with E-state index in [0.717, 1.165) is 25.6 Å². The molecule has 1 aromatic rings. The minimum Gasteiger partial charge on any atom is -0.397 e. The van der Waals surface area contributed by atoms with Crippen LogP contribution in [0.2, 0.25) is 5.02 Å². The number of halogens is 1. The van der Waals surface area contributed by atoms with E-state index in [1.165, 1.54) is 12.8 Å². The van der Waals surface area contributed by atoms with Crippen LogP contribution in [0.25, 0.3) is 0 Å². The lowest BCUT2D eigenvalue weighted by atomic mass is 10.0. The number of anilines is 2. The Morgan fingerprint density at radius 2 is 2.35 bits per heavy atom. The van der Waals surface area contributed by atoms with Gasteiger partial charge >= 0.3 is 0 Å². The van der Waals surface area contributed by atoms with Crippen LogP contribution < -0.4 is 11.1 Å². The van der Waals surface area contributed by atoms with Gasteiger partial charge in [0.15, 0.2) is 0 Å². The van der Waals surface area contributed by atoms with Crippen molar-refractivity contribution in [2.24, 2.45) is 5.92 Å². The van der Waals surface area contributed by atoms with E-state index in [1.807, 2.05) is 0 Å². The van der Waals surface area contributed by atoms with Crippen LogP contribution in [0, 0.1) is 5.92 Å². The number of hydrogen-bond acceptors (Lipinski definition) is 3. The molecule has 0 saturated carbocycles. The number of nitrogens with two attached hydrogens (primary N) is 1. The number of piperidine rings is 1. The minimum atomic E-state index is 0.0185. The van der Waals surface area contributed by atoms with Gasteiger partial charge in [0.05, 0.1) is 10.7 Å². The Morgan fingerprint density at radius 3 is 3.05 bits per heavy atom. The molecule has 1 fully saturated rings. The molecule has 0 bridgehead atoms. The van der Waals surface area contributed by atoms with Gasteiger partial charge in [0.25, 0.3) is 0 Å². The van der Waals surface area contributed by atoms with Gasteiger partial charge in [0, 0.05) is 25.2 Å². The summed E-state index contributed by atoms with van der Waals surface area (Å²) in [6.07, 6.45) is 3.04. The number of amides is 1. The number of carbonyl (C=O) groups is 1. The predicted molar refractivity (Wildman–Crippen MR) is 83.9 cm³/mol. The fourth-order valence-corrected chi connectivity index (χ4v) is 2.71. The van der Waals surface area contributed by atoms with Crippen molar-refractivity contribution >= 4 is 28.9 Å².